The lowest BCUT2D eigenvalue weighted by atomic mass is 10.0. The van der Waals surface area contributed by atoms with Crippen molar-refractivity contribution in [2.24, 2.45) is 5.92 Å². The number of nitrogens with zero attached hydrogens (tertiary/aromatic N) is 4. The molecule has 5 heterocycles. The van der Waals surface area contributed by atoms with Crippen LogP contribution in [-0.2, 0) is 32.2 Å². The number of piperidine rings is 1. The lowest BCUT2D eigenvalue weighted by Crippen LogP contribution is -2.52. The van der Waals surface area contributed by atoms with Crippen molar-refractivity contribution in [2.45, 2.75) is 45.0 Å². The first-order valence-electron chi connectivity index (χ1n) is 15.9. The number of carbonyl (C=O) groups is 3. The predicted molar refractivity (Wildman–Crippen MR) is 167 cm³/mol. The summed E-state index contributed by atoms with van der Waals surface area (Å²) in [5.74, 6) is -0.569. The summed E-state index contributed by atoms with van der Waals surface area (Å²) in [4.78, 5) is 47.8. The molecule has 3 aromatic rings. The highest BCUT2D eigenvalue weighted by molar-refractivity contribution is 6.05. The van der Waals surface area contributed by atoms with Gasteiger partial charge in [-0.2, -0.15) is 0 Å². The summed E-state index contributed by atoms with van der Waals surface area (Å²) in [6.45, 7) is 7.49. The molecule has 3 atom stereocenters. The third-order valence-corrected chi connectivity index (χ3v) is 9.47. The van der Waals surface area contributed by atoms with E-state index in [1.165, 1.54) is 4.90 Å². The first-order chi connectivity index (χ1) is 22.3. The molecule has 3 amide bonds. The molecule has 3 fully saturated rings. The van der Waals surface area contributed by atoms with Crippen LogP contribution in [0, 0.1) is 18.7 Å². The number of aromatic nitrogens is 1. The van der Waals surface area contributed by atoms with E-state index in [0.29, 0.717) is 56.2 Å². The Morgan fingerprint density at radius 3 is 2.70 bits per heavy atom. The van der Waals surface area contributed by atoms with Gasteiger partial charge in [-0.05, 0) is 60.9 Å². The second-order valence-electron chi connectivity index (χ2n) is 12.6. The Morgan fingerprint density at radius 2 is 1.91 bits per heavy atom. The lowest BCUT2D eigenvalue weighted by molar-refractivity contribution is -0.136. The molecule has 242 valence electrons. The van der Waals surface area contributed by atoms with Crippen LogP contribution >= 0.6 is 0 Å². The molecular formula is C34H38FN5O6. The van der Waals surface area contributed by atoms with Crippen LogP contribution < -0.4 is 15.0 Å². The maximum Gasteiger partial charge on any atom is 0.255 e. The molecule has 0 radical (unpaired) electrons. The van der Waals surface area contributed by atoms with Crippen molar-refractivity contribution < 1.29 is 33.0 Å². The number of morpholine rings is 1. The number of hydrogen-bond acceptors (Lipinski definition) is 9. The number of benzene rings is 2. The van der Waals surface area contributed by atoms with Gasteiger partial charge in [-0.15, -0.1) is 0 Å². The van der Waals surface area contributed by atoms with Gasteiger partial charge in [0.25, 0.3) is 5.91 Å². The quantitative estimate of drug-likeness (QED) is 0.375. The van der Waals surface area contributed by atoms with Crippen LogP contribution in [0.3, 0.4) is 0 Å². The highest BCUT2D eigenvalue weighted by atomic mass is 19.1. The number of aryl methyl sites for hydroxylation is 1. The van der Waals surface area contributed by atoms with Crippen molar-refractivity contribution in [1.82, 2.24) is 20.1 Å². The Balaban J connectivity index is 1.05. The van der Waals surface area contributed by atoms with E-state index in [9.17, 15) is 14.4 Å². The summed E-state index contributed by atoms with van der Waals surface area (Å²) >= 11 is 0. The van der Waals surface area contributed by atoms with Crippen molar-refractivity contribution in [3.8, 4) is 5.75 Å². The number of hydrogen-bond donors (Lipinski definition) is 1. The van der Waals surface area contributed by atoms with Crippen molar-refractivity contribution in [3.05, 3.63) is 64.6 Å². The number of ether oxygens (including phenoxy) is 3. The number of amides is 3. The van der Waals surface area contributed by atoms with Crippen molar-refractivity contribution in [3.63, 3.8) is 0 Å². The Labute approximate surface area is 266 Å². The van der Waals surface area contributed by atoms with E-state index >= 15 is 4.39 Å². The number of fused-ring (bicyclic) bond motifs is 2. The Hall–Kier alpha value is -4.13. The minimum Gasteiger partial charge on any atom is -0.489 e. The smallest absolute Gasteiger partial charge is 0.255 e. The molecule has 0 aliphatic carbocycles. The van der Waals surface area contributed by atoms with Gasteiger partial charge in [0.05, 0.1) is 31.2 Å². The SMILES string of the molecule is COC[C@@H]1CN(Cc2cc(F)c3nc(C)c(N4CCOCC4)cc3c2)C[C@H]1Oc1ccc2c(c1)CN([C@H]1CCC(=O)NC1=O)C2=O. The fraction of sp³-hybridized carbons (Fsp3) is 0.471. The van der Waals surface area contributed by atoms with Crippen molar-refractivity contribution in [1.29, 1.82) is 0 Å². The van der Waals surface area contributed by atoms with E-state index in [2.05, 4.69) is 20.1 Å². The number of anilines is 1. The average Bonchev–Trinajstić information content (AvgIpc) is 3.56. The van der Waals surface area contributed by atoms with Gasteiger partial charge >= 0.3 is 0 Å². The number of nitrogens with one attached hydrogen (secondary N) is 1. The van der Waals surface area contributed by atoms with Gasteiger partial charge in [-0.1, -0.05) is 0 Å². The number of pyridine rings is 1. The molecule has 0 spiro atoms. The van der Waals surface area contributed by atoms with Gasteiger partial charge < -0.3 is 24.0 Å². The zero-order valence-corrected chi connectivity index (χ0v) is 26.1. The molecule has 11 nitrogen and oxygen atoms in total. The number of likely N-dealkylation sites (tertiary alicyclic amines) is 1. The standard InChI is InChI=1S/C34H38FN5O6/c1-20-29(39-7-9-45-10-8-39)14-22-11-21(12-27(35)32(22)36-20)15-38-16-24(19-44-2)30(18-38)46-25-3-4-26-23(13-25)17-40(34(26)43)28-5-6-31(41)37-33(28)42/h3-4,11-14,24,28,30H,5-10,15-19H2,1-2H3,(H,37,41,42)/t24-,28-,30+/m0/s1. The van der Waals surface area contributed by atoms with Gasteiger partial charge in [0.15, 0.2) is 0 Å². The second kappa shape index (κ2) is 12.6. The minimum atomic E-state index is -0.665. The maximum absolute atomic E-state index is 15.3. The molecule has 1 N–H and O–H groups in total. The van der Waals surface area contributed by atoms with Crippen LogP contribution in [0.5, 0.6) is 5.75 Å². The number of carbonyl (C=O) groups excluding carboxylic acids is 3. The van der Waals surface area contributed by atoms with Gasteiger partial charge in [0, 0.05) is 69.7 Å². The second-order valence-corrected chi connectivity index (χ2v) is 12.6. The molecule has 7 rings (SSSR count). The van der Waals surface area contributed by atoms with Crippen LogP contribution in [0.15, 0.2) is 36.4 Å². The summed E-state index contributed by atoms with van der Waals surface area (Å²) in [7, 11) is 1.67. The monoisotopic (exact) mass is 631 g/mol. The summed E-state index contributed by atoms with van der Waals surface area (Å²) in [5, 5.41) is 3.12. The molecule has 12 heteroatoms. The largest absolute Gasteiger partial charge is 0.489 e. The van der Waals surface area contributed by atoms with Gasteiger partial charge in [-0.3, -0.25) is 24.6 Å². The molecule has 4 aliphatic rings. The molecule has 0 unspecified atom stereocenters. The van der Waals surface area contributed by atoms with Crippen LogP contribution in [0.2, 0.25) is 0 Å². The van der Waals surface area contributed by atoms with E-state index in [1.54, 1.807) is 25.3 Å². The lowest BCUT2D eigenvalue weighted by Gasteiger charge is -2.30. The van der Waals surface area contributed by atoms with Crippen molar-refractivity contribution in [2.75, 3.05) is 58.0 Å². The predicted octanol–water partition coefficient (Wildman–Crippen LogP) is 2.81. The van der Waals surface area contributed by atoms with Crippen LogP contribution in [-0.4, -0.2) is 97.8 Å². The van der Waals surface area contributed by atoms with Crippen LogP contribution in [0.4, 0.5) is 10.1 Å². The van der Waals surface area contributed by atoms with Crippen molar-refractivity contribution >= 4 is 34.3 Å². The zero-order chi connectivity index (χ0) is 31.9. The maximum atomic E-state index is 15.3. The molecule has 1 aromatic heterocycles. The number of halogens is 1. The first kappa shape index (κ1) is 30.5. The zero-order valence-electron chi connectivity index (χ0n) is 26.1. The molecule has 0 saturated carbocycles. The average molecular weight is 632 g/mol. The van der Waals surface area contributed by atoms with E-state index < -0.39 is 11.9 Å². The fourth-order valence-corrected chi connectivity index (χ4v) is 7.22. The van der Waals surface area contributed by atoms with E-state index in [4.69, 9.17) is 14.2 Å². The summed E-state index contributed by atoms with van der Waals surface area (Å²) in [5.41, 5.74) is 4.39. The highest BCUT2D eigenvalue weighted by Crippen LogP contribution is 2.33. The molecule has 3 saturated heterocycles. The third-order valence-electron chi connectivity index (χ3n) is 9.47. The van der Waals surface area contributed by atoms with Gasteiger partial charge in [-0.25, -0.2) is 9.37 Å². The normalized spacial score (nSPS) is 23.7. The van der Waals surface area contributed by atoms with E-state index in [1.807, 2.05) is 25.1 Å². The summed E-state index contributed by atoms with van der Waals surface area (Å²) in [6, 6.07) is 10.4. The van der Waals surface area contributed by atoms with Crippen LogP contribution in [0.1, 0.15) is 40.0 Å². The molecule has 46 heavy (non-hydrogen) atoms. The highest BCUT2D eigenvalue weighted by Gasteiger charge is 2.40. The van der Waals surface area contributed by atoms with Gasteiger partial charge in [0.1, 0.15) is 29.2 Å². The first-order valence-corrected chi connectivity index (χ1v) is 15.9. The number of methoxy groups -OCH3 is 1. The third kappa shape index (κ3) is 5.92. The Morgan fingerprint density at radius 1 is 1.09 bits per heavy atom. The van der Waals surface area contributed by atoms with E-state index in [-0.39, 0.29) is 42.6 Å². The van der Waals surface area contributed by atoms with Gasteiger partial charge in [0.2, 0.25) is 11.8 Å². The molecular weight excluding hydrogens is 593 g/mol. The fourth-order valence-electron chi connectivity index (χ4n) is 7.22. The Bertz CT molecular complexity index is 1690. The topological polar surface area (TPSA) is 114 Å². The number of rotatable bonds is 8. The number of imide groups is 1. The Kier molecular flexibility index (Phi) is 8.35. The summed E-state index contributed by atoms with van der Waals surface area (Å²) in [6.07, 6.45) is 0.349. The van der Waals surface area contributed by atoms with E-state index in [0.717, 1.165) is 47.5 Å². The molecule has 4 aliphatic heterocycles. The molecule has 2 aromatic carbocycles. The molecule has 0 bridgehead atoms. The minimum absolute atomic E-state index is 0.0856. The summed E-state index contributed by atoms with van der Waals surface area (Å²) < 4.78 is 32.9. The van der Waals surface area contributed by atoms with Crippen LogP contribution in [0.25, 0.3) is 10.9 Å².